The quantitative estimate of drug-likeness (QED) is 0.403. The topological polar surface area (TPSA) is 41.6 Å². The van der Waals surface area contributed by atoms with Gasteiger partial charge in [-0.3, -0.25) is 9.89 Å². The highest BCUT2D eigenvalue weighted by Crippen LogP contribution is 1.73. The second-order valence-electron chi connectivity index (χ2n) is 2.02. The Morgan fingerprint density at radius 3 is 2.25 bits per heavy atom. The molecule has 0 atom stereocenters. The first-order chi connectivity index (χ1) is 3.63. The zero-order chi connectivity index (χ0) is 6.57. The van der Waals surface area contributed by atoms with Crippen molar-refractivity contribution in [3.63, 3.8) is 0 Å². The average molecular weight is 115 g/mol. The van der Waals surface area contributed by atoms with Crippen LogP contribution in [0.2, 0.25) is 0 Å². The van der Waals surface area contributed by atoms with E-state index >= 15 is 0 Å². The summed E-state index contributed by atoms with van der Waals surface area (Å²) in [5.41, 5.74) is 5.26. The lowest BCUT2D eigenvalue weighted by Gasteiger charge is -2.03. The van der Waals surface area contributed by atoms with Crippen LogP contribution in [0, 0.1) is 0 Å². The maximum absolute atomic E-state index is 5.26. The Kier molecular flexibility index (Phi) is 3.19. The van der Waals surface area contributed by atoms with E-state index in [9.17, 15) is 0 Å². The van der Waals surface area contributed by atoms with Gasteiger partial charge in [-0.1, -0.05) is 0 Å². The smallest absolute Gasteiger partial charge is 0.0924 e. The second kappa shape index (κ2) is 3.43. The Morgan fingerprint density at radius 2 is 2.12 bits per heavy atom. The molecule has 0 aromatic heterocycles. The van der Waals surface area contributed by atoms with Crippen molar-refractivity contribution >= 4 is 5.84 Å². The van der Waals surface area contributed by atoms with E-state index in [1.54, 1.807) is 6.92 Å². The van der Waals surface area contributed by atoms with Crippen LogP contribution < -0.4 is 5.73 Å². The van der Waals surface area contributed by atoms with E-state index in [0.29, 0.717) is 12.5 Å². The highest BCUT2D eigenvalue weighted by molar-refractivity contribution is 5.77. The zero-order valence-electron chi connectivity index (χ0n) is 5.68. The zero-order valence-corrected chi connectivity index (χ0v) is 5.68. The molecular formula is C5H13N3. The summed E-state index contributed by atoms with van der Waals surface area (Å²) < 4.78 is 0. The lowest BCUT2D eigenvalue weighted by molar-refractivity contribution is 0.424. The van der Waals surface area contributed by atoms with Crippen LogP contribution in [-0.2, 0) is 0 Å². The van der Waals surface area contributed by atoms with Gasteiger partial charge in [0, 0.05) is 0 Å². The number of nitrogens with zero attached hydrogens (tertiary/aromatic N) is 2. The third kappa shape index (κ3) is 5.43. The molecule has 3 heteroatoms. The van der Waals surface area contributed by atoms with Gasteiger partial charge in [0.25, 0.3) is 0 Å². The fourth-order valence-corrected chi connectivity index (χ4v) is 0.253. The van der Waals surface area contributed by atoms with Crippen molar-refractivity contribution in [2.45, 2.75) is 6.92 Å². The number of nitrogens with two attached hydrogens (primary N) is 1. The molecule has 0 saturated carbocycles. The SMILES string of the molecule is C/C(N)=N\CN(C)C. The Balaban J connectivity index is 3.29. The van der Waals surface area contributed by atoms with Crippen LogP contribution >= 0.6 is 0 Å². The molecule has 0 bridgehead atoms. The van der Waals surface area contributed by atoms with Crippen LogP contribution in [0.1, 0.15) is 6.92 Å². The molecule has 2 N–H and O–H groups in total. The summed E-state index contributed by atoms with van der Waals surface area (Å²) in [5.74, 6) is 0.638. The standard InChI is InChI=1S/C5H13N3/c1-5(6)7-4-8(2)3/h4H2,1-3H3,(H2,6,7). The van der Waals surface area contributed by atoms with Gasteiger partial charge in [-0.15, -0.1) is 0 Å². The molecule has 3 nitrogen and oxygen atoms in total. The van der Waals surface area contributed by atoms with Gasteiger partial charge in [0.05, 0.1) is 12.5 Å². The van der Waals surface area contributed by atoms with E-state index < -0.39 is 0 Å². The fraction of sp³-hybridized carbons (Fsp3) is 0.800. The fourth-order valence-electron chi connectivity index (χ4n) is 0.253. The van der Waals surface area contributed by atoms with Crippen molar-refractivity contribution < 1.29 is 0 Å². The molecule has 0 aromatic carbocycles. The number of aliphatic imine (C=N–C) groups is 1. The van der Waals surface area contributed by atoms with Crippen molar-refractivity contribution in [2.24, 2.45) is 10.7 Å². The van der Waals surface area contributed by atoms with Crippen LogP contribution in [0.5, 0.6) is 0 Å². The maximum Gasteiger partial charge on any atom is 0.0924 e. The summed E-state index contributed by atoms with van der Waals surface area (Å²) in [4.78, 5) is 5.90. The van der Waals surface area contributed by atoms with Crippen LogP contribution in [0.3, 0.4) is 0 Å². The number of hydrogen-bond donors (Lipinski definition) is 1. The van der Waals surface area contributed by atoms with Crippen LogP contribution in [0.15, 0.2) is 4.99 Å². The van der Waals surface area contributed by atoms with Crippen LogP contribution in [-0.4, -0.2) is 31.5 Å². The highest BCUT2D eigenvalue weighted by Gasteiger charge is 1.82. The highest BCUT2D eigenvalue weighted by atomic mass is 15.1. The molecule has 0 aliphatic carbocycles. The molecular weight excluding hydrogens is 102 g/mol. The number of hydrogen-bond acceptors (Lipinski definition) is 2. The Morgan fingerprint density at radius 1 is 1.62 bits per heavy atom. The molecule has 48 valence electrons. The first-order valence-corrected chi connectivity index (χ1v) is 2.54. The van der Waals surface area contributed by atoms with Gasteiger partial charge in [0.15, 0.2) is 0 Å². The van der Waals surface area contributed by atoms with Gasteiger partial charge in [0.1, 0.15) is 0 Å². The van der Waals surface area contributed by atoms with E-state index in [-0.39, 0.29) is 0 Å². The van der Waals surface area contributed by atoms with Gasteiger partial charge in [0.2, 0.25) is 0 Å². The molecule has 0 fully saturated rings. The van der Waals surface area contributed by atoms with Gasteiger partial charge in [-0.05, 0) is 21.0 Å². The molecule has 0 rings (SSSR count). The van der Waals surface area contributed by atoms with E-state index in [2.05, 4.69) is 4.99 Å². The van der Waals surface area contributed by atoms with E-state index in [0.717, 1.165) is 0 Å². The average Bonchev–Trinajstić information content (AvgIpc) is 1.61. The molecule has 0 radical (unpaired) electrons. The van der Waals surface area contributed by atoms with Gasteiger partial charge < -0.3 is 5.73 Å². The summed E-state index contributed by atoms with van der Waals surface area (Å²) in [6, 6.07) is 0. The summed E-state index contributed by atoms with van der Waals surface area (Å²) in [5, 5.41) is 0. The summed E-state index contributed by atoms with van der Waals surface area (Å²) in [7, 11) is 3.90. The van der Waals surface area contributed by atoms with Crippen LogP contribution in [0.25, 0.3) is 0 Å². The third-order valence-electron chi connectivity index (χ3n) is 0.603. The van der Waals surface area contributed by atoms with Crippen molar-refractivity contribution in [3.05, 3.63) is 0 Å². The van der Waals surface area contributed by atoms with Crippen LogP contribution in [0.4, 0.5) is 0 Å². The molecule has 0 aromatic rings. The molecule has 8 heavy (non-hydrogen) atoms. The predicted molar refractivity (Wildman–Crippen MR) is 35.9 cm³/mol. The number of amidine groups is 1. The Hall–Kier alpha value is -0.570. The van der Waals surface area contributed by atoms with Crippen molar-refractivity contribution in [3.8, 4) is 0 Å². The summed E-state index contributed by atoms with van der Waals surface area (Å²) >= 11 is 0. The molecule has 0 saturated heterocycles. The minimum Gasteiger partial charge on any atom is -0.388 e. The van der Waals surface area contributed by atoms with E-state index in [4.69, 9.17) is 5.73 Å². The monoisotopic (exact) mass is 115 g/mol. The minimum absolute atomic E-state index is 0.638. The predicted octanol–water partition coefficient (Wildman–Crippen LogP) is -0.117. The lowest BCUT2D eigenvalue weighted by atomic mass is 10.7. The maximum atomic E-state index is 5.26. The van der Waals surface area contributed by atoms with Gasteiger partial charge >= 0.3 is 0 Å². The molecule has 0 spiro atoms. The summed E-state index contributed by atoms with van der Waals surface area (Å²) in [6.45, 7) is 2.46. The van der Waals surface area contributed by atoms with Gasteiger partial charge in [-0.25, -0.2) is 0 Å². The molecule has 0 amide bonds. The van der Waals surface area contributed by atoms with E-state index in [1.165, 1.54) is 0 Å². The number of rotatable bonds is 2. The third-order valence-corrected chi connectivity index (χ3v) is 0.603. The Labute approximate surface area is 50.2 Å². The largest absolute Gasteiger partial charge is 0.388 e. The molecule has 0 unspecified atom stereocenters. The summed E-state index contributed by atoms with van der Waals surface area (Å²) in [6.07, 6.45) is 0. The van der Waals surface area contributed by atoms with Gasteiger partial charge in [-0.2, -0.15) is 0 Å². The van der Waals surface area contributed by atoms with Crippen molar-refractivity contribution in [1.29, 1.82) is 0 Å². The molecule has 0 aliphatic heterocycles. The molecule has 0 aliphatic rings. The second-order valence-corrected chi connectivity index (χ2v) is 2.02. The normalized spacial score (nSPS) is 12.8. The first-order valence-electron chi connectivity index (χ1n) is 2.54. The van der Waals surface area contributed by atoms with Crippen molar-refractivity contribution in [1.82, 2.24) is 4.90 Å². The van der Waals surface area contributed by atoms with Crippen molar-refractivity contribution in [2.75, 3.05) is 20.8 Å². The lowest BCUT2D eigenvalue weighted by Crippen LogP contribution is -2.15. The Bertz CT molecular complexity index is 81.7. The molecule has 0 heterocycles. The minimum atomic E-state index is 0.638. The first kappa shape index (κ1) is 7.43. The van der Waals surface area contributed by atoms with E-state index in [1.807, 2.05) is 19.0 Å².